The van der Waals surface area contributed by atoms with Gasteiger partial charge in [-0.1, -0.05) is 30.3 Å². The molecule has 1 N–H and O–H groups in total. The van der Waals surface area contributed by atoms with Crippen LogP contribution >= 0.6 is 0 Å². The zero-order chi connectivity index (χ0) is 23.8. The van der Waals surface area contributed by atoms with E-state index in [2.05, 4.69) is 0 Å². The Hall–Kier alpha value is -4.04. The molecule has 0 saturated carbocycles. The molecule has 0 unspecified atom stereocenters. The largest absolute Gasteiger partial charge is 0.493 e. The van der Waals surface area contributed by atoms with Crippen LogP contribution in [0.2, 0.25) is 0 Å². The van der Waals surface area contributed by atoms with Gasteiger partial charge in [-0.3, -0.25) is 4.79 Å². The van der Waals surface area contributed by atoms with Gasteiger partial charge >= 0.3 is 5.97 Å². The van der Waals surface area contributed by atoms with Crippen molar-refractivity contribution in [2.45, 2.75) is 6.61 Å². The summed E-state index contributed by atoms with van der Waals surface area (Å²) in [7, 11) is 4.32. The number of carbonyl (C=O) groups is 2. The summed E-state index contributed by atoms with van der Waals surface area (Å²) < 4.78 is 26.8. The molecule has 0 aliphatic carbocycles. The molecule has 0 bridgehead atoms. The van der Waals surface area contributed by atoms with E-state index in [4.69, 9.17) is 23.7 Å². The molecule has 0 aliphatic rings. The van der Waals surface area contributed by atoms with Crippen molar-refractivity contribution in [3.63, 3.8) is 0 Å². The first-order chi connectivity index (χ1) is 16.0. The lowest BCUT2D eigenvalue weighted by molar-refractivity contribution is 0.0488. The molecule has 0 spiro atoms. The molecule has 0 aliphatic heterocycles. The molecule has 0 amide bonds. The van der Waals surface area contributed by atoms with Crippen molar-refractivity contribution in [3.05, 3.63) is 82.9 Å². The van der Waals surface area contributed by atoms with Crippen LogP contribution in [0.1, 0.15) is 31.8 Å². The lowest BCUT2D eigenvalue weighted by Gasteiger charge is -2.16. The maximum absolute atomic E-state index is 13.3. The molecule has 0 aromatic heterocycles. The molecule has 172 valence electrons. The van der Waals surface area contributed by atoms with Gasteiger partial charge in [0.2, 0.25) is 5.75 Å². The second kappa shape index (κ2) is 11.0. The Labute approximate surface area is 191 Å². The van der Waals surface area contributed by atoms with Crippen LogP contribution in [0.3, 0.4) is 0 Å². The predicted molar refractivity (Wildman–Crippen MR) is 120 cm³/mol. The zero-order valence-electron chi connectivity index (χ0n) is 18.5. The Morgan fingerprint density at radius 1 is 0.818 bits per heavy atom. The minimum absolute atomic E-state index is 0.000488. The molecule has 3 rings (SSSR count). The molecule has 3 aromatic carbocycles. The number of aromatic carboxylic acids is 1. The van der Waals surface area contributed by atoms with E-state index in [1.807, 2.05) is 30.3 Å². The molecule has 0 radical (unpaired) electrons. The average molecular weight is 452 g/mol. The Bertz CT molecular complexity index is 1120. The topological polar surface area (TPSA) is 101 Å². The van der Waals surface area contributed by atoms with Crippen LogP contribution in [-0.4, -0.2) is 45.0 Å². The van der Waals surface area contributed by atoms with E-state index in [-0.39, 0.29) is 47.3 Å². The van der Waals surface area contributed by atoms with Gasteiger partial charge in [0.1, 0.15) is 12.4 Å². The van der Waals surface area contributed by atoms with E-state index in [0.29, 0.717) is 5.75 Å². The van der Waals surface area contributed by atoms with Gasteiger partial charge in [-0.05, 0) is 35.9 Å². The Balaban J connectivity index is 1.94. The maximum atomic E-state index is 13.3. The Morgan fingerprint density at radius 3 is 2.18 bits per heavy atom. The Morgan fingerprint density at radius 2 is 1.55 bits per heavy atom. The first-order valence-electron chi connectivity index (χ1n) is 9.95. The molecule has 0 atom stereocenters. The van der Waals surface area contributed by atoms with Crippen molar-refractivity contribution < 1.29 is 38.4 Å². The summed E-state index contributed by atoms with van der Waals surface area (Å²) in [5.74, 6) is -0.667. The highest BCUT2D eigenvalue weighted by molar-refractivity contribution is 6.14. The first kappa shape index (κ1) is 23.6. The van der Waals surface area contributed by atoms with Crippen molar-refractivity contribution in [2.75, 3.05) is 28.1 Å². The summed E-state index contributed by atoms with van der Waals surface area (Å²) >= 11 is 0. The highest BCUT2D eigenvalue weighted by Gasteiger charge is 2.23. The van der Waals surface area contributed by atoms with Crippen LogP contribution in [0.25, 0.3) is 0 Å². The number of hydrogen-bond acceptors (Lipinski definition) is 7. The van der Waals surface area contributed by atoms with Crippen molar-refractivity contribution >= 4 is 11.8 Å². The van der Waals surface area contributed by atoms with Crippen LogP contribution in [0.4, 0.5) is 0 Å². The predicted octanol–water partition coefficient (Wildman–Crippen LogP) is 4.19. The number of carbonyl (C=O) groups excluding carboxylic acids is 1. The van der Waals surface area contributed by atoms with Crippen molar-refractivity contribution in [1.29, 1.82) is 0 Å². The number of rotatable bonds is 11. The second-order valence-electron chi connectivity index (χ2n) is 6.88. The standard InChI is InChI=1S/C25H24O8/c1-29-15-33-22-12-17(11-21(30-2)24(22)31-3)23(26)19-10-9-18(13-20(19)25(27)28)32-14-16-7-5-4-6-8-16/h4-13H,14-15H2,1-3H3,(H,27,28). The lowest BCUT2D eigenvalue weighted by Crippen LogP contribution is -2.11. The van der Waals surface area contributed by atoms with Crippen molar-refractivity contribution in [2.24, 2.45) is 0 Å². The van der Waals surface area contributed by atoms with E-state index in [1.54, 1.807) is 6.07 Å². The van der Waals surface area contributed by atoms with E-state index < -0.39 is 11.8 Å². The number of carboxylic acids is 1. The quantitative estimate of drug-likeness (QED) is 0.341. The summed E-state index contributed by atoms with van der Waals surface area (Å²) in [6.45, 7) is 0.189. The third-order valence-corrected chi connectivity index (χ3v) is 4.75. The summed E-state index contributed by atoms with van der Waals surface area (Å²) in [5, 5.41) is 9.73. The third kappa shape index (κ3) is 5.61. The summed E-state index contributed by atoms with van der Waals surface area (Å²) in [6, 6.07) is 16.7. The molecule has 0 heterocycles. The van der Waals surface area contributed by atoms with Gasteiger partial charge in [0, 0.05) is 18.2 Å². The van der Waals surface area contributed by atoms with Crippen LogP contribution in [-0.2, 0) is 11.3 Å². The minimum atomic E-state index is -1.25. The summed E-state index contributed by atoms with van der Waals surface area (Å²) in [4.78, 5) is 25.2. The minimum Gasteiger partial charge on any atom is -0.493 e. The normalized spacial score (nSPS) is 10.4. The van der Waals surface area contributed by atoms with E-state index in [0.717, 1.165) is 5.56 Å². The fourth-order valence-corrected chi connectivity index (χ4v) is 3.17. The SMILES string of the molecule is COCOc1cc(C(=O)c2ccc(OCc3ccccc3)cc2C(=O)O)cc(OC)c1OC. The highest BCUT2D eigenvalue weighted by atomic mass is 16.7. The lowest BCUT2D eigenvalue weighted by atomic mass is 9.97. The molecule has 8 nitrogen and oxygen atoms in total. The second-order valence-corrected chi connectivity index (χ2v) is 6.88. The van der Waals surface area contributed by atoms with Gasteiger partial charge in [-0.15, -0.1) is 0 Å². The van der Waals surface area contributed by atoms with Crippen LogP contribution < -0.4 is 18.9 Å². The van der Waals surface area contributed by atoms with Gasteiger partial charge in [0.25, 0.3) is 0 Å². The molecule has 0 saturated heterocycles. The molecule has 8 heteroatoms. The van der Waals surface area contributed by atoms with Crippen LogP contribution in [0.15, 0.2) is 60.7 Å². The van der Waals surface area contributed by atoms with Gasteiger partial charge in [-0.2, -0.15) is 0 Å². The van der Waals surface area contributed by atoms with Gasteiger partial charge in [0.15, 0.2) is 24.1 Å². The van der Waals surface area contributed by atoms with E-state index in [1.165, 1.54) is 45.6 Å². The highest BCUT2D eigenvalue weighted by Crippen LogP contribution is 2.39. The fraction of sp³-hybridized carbons (Fsp3) is 0.200. The van der Waals surface area contributed by atoms with E-state index in [9.17, 15) is 14.7 Å². The van der Waals surface area contributed by atoms with E-state index >= 15 is 0 Å². The van der Waals surface area contributed by atoms with Crippen LogP contribution in [0.5, 0.6) is 23.0 Å². The zero-order valence-corrected chi connectivity index (χ0v) is 18.5. The third-order valence-electron chi connectivity index (χ3n) is 4.75. The van der Waals surface area contributed by atoms with Gasteiger partial charge < -0.3 is 28.8 Å². The molecule has 3 aromatic rings. The Kier molecular flexibility index (Phi) is 7.88. The number of hydrogen-bond donors (Lipinski definition) is 1. The number of benzene rings is 3. The van der Waals surface area contributed by atoms with Gasteiger partial charge in [-0.25, -0.2) is 4.79 Å². The molecule has 0 fully saturated rings. The summed E-state index contributed by atoms with van der Waals surface area (Å²) in [5.41, 5.74) is 0.918. The number of carboxylic acid groups (broad SMARTS) is 1. The molecular weight excluding hydrogens is 428 g/mol. The number of methoxy groups -OCH3 is 3. The smallest absolute Gasteiger partial charge is 0.336 e. The van der Waals surface area contributed by atoms with Gasteiger partial charge in [0.05, 0.1) is 19.8 Å². The summed E-state index contributed by atoms with van der Waals surface area (Å²) in [6.07, 6.45) is 0. The van der Waals surface area contributed by atoms with Crippen molar-refractivity contribution in [3.8, 4) is 23.0 Å². The molecular formula is C25H24O8. The average Bonchev–Trinajstić information content (AvgIpc) is 2.85. The fourth-order valence-electron chi connectivity index (χ4n) is 3.17. The number of ether oxygens (including phenoxy) is 5. The molecule has 33 heavy (non-hydrogen) atoms. The maximum Gasteiger partial charge on any atom is 0.336 e. The van der Waals surface area contributed by atoms with Crippen molar-refractivity contribution in [1.82, 2.24) is 0 Å². The monoisotopic (exact) mass is 452 g/mol. The first-order valence-corrected chi connectivity index (χ1v) is 9.95. The van der Waals surface area contributed by atoms with Crippen LogP contribution in [0, 0.1) is 0 Å². The number of ketones is 1.